The Morgan fingerprint density at radius 3 is 3.05 bits per heavy atom. The molecule has 0 saturated carbocycles. The van der Waals surface area contributed by atoms with Crippen LogP contribution in [0.4, 0.5) is 0 Å². The van der Waals surface area contributed by atoms with E-state index in [1.54, 1.807) is 6.07 Å². The minimum atomic E-state index is -0.143. The van der Waals surface area contributed by atoms with E-state index in [2.05, 4.69) is 17.3 Å². The number of carbonyl (C=O) groups excluding carboxylic acids is 1. The average Bonchev–Trinajstić information content (AvgIpc) is 2.39. The fourth-order valence-corrected chi connectivity index (χ4v) is 2.61. The molecule has 19 heavy (non-hydrogen) atoms. The number of nitrogens with zero attached hydrogens (tertiary/aromatic N) is 1. The number of likely N-dealkylation sites (tertiary alicyclic amines) is 1. The number of amides is 1. The zero-order valence-electron chi connectivity index (χ0n) is 11.0. The third-order valence-corrected chi connectivity index (χ3v) is 3.79. The molecular weight excluding hydrogens is 264 g/mol. The fourth-order valence-electron chi connectivity index (χ4n) is 2.43. The first-order valence-corrected chi connectivity index (χ1v) is 6.89. The zero-order valence-corrected chi connectivity index (χ0v) is 11.8. The van der Waals surface area contributed by atoms with Gasteiger partial charge in [-0.1, -0.05) is 11.6 Å². The topological polar surface area (TPSA) is 52.6 Å². The normalized spacial score (nSPS) is 20.2. The molecule has 0 radical (unpaired) electrons. The summed E-state index contributed by atoms with van der Waals surface area (Å²) in [6.45, 7) is 2.84. The largest absolute Gasteiger partial charge is 0.506 e. The number of phenols is 1. The number of aromatic hydroxyl groups is 1. The molecule has 0 spiro atoms. The van der Waals surface area contributed by atoms with E-state index in [1.165, 1.54) is 18.6 Å². The van der Waals surface area contributed by atoms with Crippen molar-refractivity contribution in [1.29, 1.82) is 0 Å². The van der Waals surface area contributed by atoms with Crippen LogP contribution in [0.5, 0.6) is 5.75 Å². The van der Waals surface area contributed by atoms with Crippen molar-refractivity contribution in [2.45, 2.75) is 12.8 Å². The number of rotatable bonds is 3. The molecule has 0 aliphatic carbocycles. The van der Waals surface area contributed by atoms with Crippen molar-refractivity contribution in [2.75, 3.05) is 26.7 Å². The quantitative estimate of drug-likeness (QED) is 0.893. The van der Waals surface area contributed by atoms with Gasteiger partial charge >= 0.3 is 0 Å². The van der Waals surface area contributed by atoms with Crippen LogP contribution in [0.3, 0.4) is 0 Å². The van der Waals surface area contributed by atoms with Crippen molar-refractivity contribution >= 4 is 17.5 Å². The highest BCUT2D eigenvalue weighted by molar-refractivity contribution is 6.32. The summed E-state index contributed by atoms with van der Waals surface area (Å²) in [4.78, 5) is 14.3. The first kappa shape index (κ1) is 14.2. The lowest BCUT2D eigenvalue weighted by Crippen LogP contribution is -2.39. The van der Waals surface area contributed by atoms with Gasteiger partial charge in [-0.15, -0.1) is 0 Å². The van der Waals surface area contributed by atoms with Crippen LogP contribution in [0.1, 0.15) is 23.2 Å². The second-order valence-electron chi connectivity index (χ2n) is 5.15. The van der Waals surface area contributed by atoms with Gasteiger partial charge in [-0.25, -0.2) is 0 Å². The number of hydrogen-bond acceptors (Lipinski definition) is 3. The SMILES string of the molecule is CN1CCCC(CNC(=O)c2ccc(O)c(Cl)c2)C1. The second kappa shape index (κ2) is 6.26. The van der Waals surface area contributed by atoms with Crippen LogP contribution in [0.2, 0.25) is 5.02 Å². The number of carbonyl (C=O) groups is 1. The molecule has 5 heteroatoms. The molecule has 1 fully saturated rings. The maximum absolute atomic E-state index is 12.0. The average molecular weight is 283 g/mol. The number of piperidine rings is 1. The summed E-state index contributed by atoms with van der Waals surface area (Å²) in [5, 5.41) is 12.4. The summed E-state index contributed by atoms with van der Waals surface area (Å²) in [6, 6.07) is 4.49. The van der Waals surface area contributed by atoms with Gasteiger partial charge in [0.05, 0.1) is 5.02 Å². The fraction of sp³-hybridized carbons (Fsp3) is 0.500. The van der Waals surface area contributed by atoms with Gasteiger partial charge < -0.3 is 15.3 Å². The van der Waals surface area contributed by atoms with Crippen molar-refractivity contribution in [2.24, 2.45) is 5.92 Å². The third kappa shape index (κ3) is 3.85. The lowest BCUT2D eigenvalue weighted by atomic mass is 9.98. The Hall–Kier alpha value is -1.26. The van der Waals surface area contributed by atoms with Crippen LogP contribution in [-0.2, 0) is 0 Å². The van der Waals surface area contributed by atoms with E-state index in [1.807, 2.05) is 0 Å². The molecule has 0 aromatic heterocycles. The highest BCUT2D eigenvalue weighted by atomic mass is 35.5. The Labute approximate surface area is 118 Å². The van der Waals surface area contributed by atoms with Crippen molar-refractivity contribution in [3.05, 3.63) is 28.8 Å². The van der Waals surface area contributed by atoms with Gasteiger partial charge in [-0.05, 0) is 50.6 Å². The molecule has 1 heterocycles. The maximum atomic E-state index is 12.0. The van der Waals surface area contributed by atoms with E-state index < -0.39 is 0 Å². The van der Waals surface area contributed by atoms with Crippen LogP contribution in [0.15, 0.2) is 18.2 Å². The van der Waals surface area contributed by atoms with E-state index in [0.717, 1.165) is 19.5 Å². The predicted molar refractivity (Wildman–Crippen MR) is 75.7 cm³/mol. The van der Waals surface area contributed by atoms with Gasteiger partial charge in [0.15, 0.2) is 0 Å². The summed E-state index contributed by atoms with van der Waals surface area (Å²) in [7, 11) is 2.10. The molecule has 4 nitrogen and oxygen atoms in total. The van der Waals surface area contributed by atoms with Crippen molar-refractivity contribution in [1.82, 2.24) is 10.2 Å². The molecular formula is C14H19ClN2O2. The summed E-state index contributed by atoms with van der Waals surface area (Å²) in [5.74, 6) is 0.359. The van der Waals surface area contributed by atoms with Crippen LogP contribution in [0, 0.1) is 5.92 Å². The van der Waals surface area contributed by atoms with Gasteiger partial charge in [-0.2, -0.15) is 0 Å². The Balaban J connectivity index is 1.88. The van der Waals surface area contributed by atoms with Crippen LogP contribution in [-0.4, -0.2) is 42.6 Å². The summed E-state index contributed by atoms with van der Waals surface area (Å²) in [5.41, 5.74) is 0.479. The highest BCUT2D eigenvalue weighted by Gasteiger charge is 2.18. The Morgan fingerprint density at radius 1 is 1.58 bits per heavy atom. The predicted octanol–water partition coefficient (Wildman–Crippen LogP) is 2.12. The molecule has 1 unspecified atom stereocenters. The van der Waals surface area contributed by atoms with Gasteiger partial charge in [-0.3, -0.25) is 4.79 Å². The van der Waals surface area contributed by atoms with E-state index in [0.29, 0.717) is 18.0 Å². The first-order valence-electron chi connectivity index (χ1n) is 6.51. The maximum Gasteiger partial charge on any atom is 0.251 e. The monoisotopic (exact) mass is 282 g/mol. The molecule has 1 aliphatic rings. The van der Waals surface area contributed by atoms with Crippen molar-refractivity contribution in [3.8, 4) is 5.75 Å². The molecule has 2 rings (SSSR count). The molecule has 1 aromatic rings. The lowest BCUT2D eigenvalue weighted by Gasteiger charge is -2.29. The molecule has 1 atom stereocenters. The molecule has 104 valence electrons. The summed E-state index contributed by atoms with van der Waals surface area (Å²) in [6.07, 6.45) is 2.34. The van der Waals surface area contributed by atoms with Gasteiger partial charge in [0.1, 0.15) is 5.75 Å². The number of benzene rings is 1. The minimum absolute atomic E-state index is 0.00729. The summed E-state index contributed by atoms with van der Waals surface area (Å²) >= 11 is 5.79. The molecule has 1 saturated heterocycles. The van der Waals surface area contributed by atoms with Crippen LogP contribution < -0.4 is 5.32 Å². The van der Waals surface area contributed by atoms with Crippen molar-refractivity contribution in [3.63, 3.8) is 0 Å². The van der Waals surface area contributed by atoms with Gasteiger partial charge in [0, 0.05) is 18.7 Å². The van der Waals surface area contributed by atoms with Crippen LogP contribution >= 0.6 is 11.6 Å². The van der Waals surface area contributed by atoms with Gasteiger partial charge in [0.2, 0.25) is 0 Å². The van der Waals surface area contributed by atoms with E-state index in [-0.39, 0.29) is 16.7 Å². The van der Waals surface area contributed by atoms with Crippen LogP contribution in [0.25, 0.3) is 0 Å². The number of nitrogens with one attached hydrogen (secondary N) is 1. The van der Waals surface area contributed by atoms with E-state index in [9.17, 15) is 9.90 Å². The number of halogens is 1. The van der Waals surface area contributed by atoms with Crippen molar-refractivity contribution < 1.29 is 9.90 Å². The molecule has 1 amide bonds. The standard InChI is InChI=1S/C14H19ClN2O2/c1-17-6-2-3-10(9-17)8-16-14(19)11-4-5-13(18)12(15)7-11/h4-5,7,10,18H,2-3,6,8-9H2,1H3,(H,16,19). The summed E-state index contributed by atoms with van der Waals surface area (Å²) < 4.78 is 0. The molecule has 2 N–H and O–H groups in total. The number of hydrogen-bond donors (Lipinski definition) is 2. The Kier molecular flexibility index (Phi) is 4.66. The smallest absolute Gasteiger partial charge is 0.251 e. The Morgan fingerprint density at radius 2 is 2.37 bits per heavy atom. The second-order valence-corrected chi connectivity index (χ2v) is 5.55. The highest BCUT2D eigenvalue weighted by Crippen LogP contribution is 2.23. The molecule has 0 bridgehead atoms. The first-order chi connectivity index (χ1) is 9.06. The lowest BCUT2D eigenvalue weighted by molar-refractivity contribution is 0.0937. The minimum Gasteiger partial charge on any atom is -0.506 e. The number of phenolic OH excluding ortho intramolecular Hbond substituents is 1. The Bertz CT molecular complexity index is 465. The molecule has 1 aromatic carbocycles. The van der Waals surface area contributed by atoms with E-state index in [4.69, 9.17) is 11.6 Å². The third-order valence-electron chi connectivity index (χ3n) is 3.48. The van der Waals surface area contributed by atoms with Gasteiger partial charge in [0.25, 0.3) is 5.91 Å². The molecule has 1 aliphatic heterocycles. The zero-order chi connectivity index (χ0) is 13.8. The van der Waals surface area contributed by atoms with E-state index >= 15 is 0 Å².